The van der Waals surface area contributed by atoms with Gasteiger partial charge in [-0.3, -0.25) is 4.98 Å². The molecule has 1 heterocycles. The van der Waals surface area contributed by atoms with Crippen molar-refractivity contribution in [3.8, 4) is 0 Å². The van der Waals surface area contributed by atoms with E-state index in [-0.39, 0.29) is 10.6 Å². The molecule has 112 valence electrons. The molecule has 21 heavy (non-hydrogen) atoms. The van der Waals surface area contributed by atoms with Gasteiger partial charge in [-0.25, -0.2) is 4.21 Å². The van der Waals surface area contributed by atoms with E-state index in [2.05, 4.69) is 8.75 Å². The predicted molar refractivity (Wildman–Crippen MR) is 82.8 cm³/mol. The second-order valence-electron chi connectivity index (χ2n) is 4.79. The average Bonchev–Trinajstić information content (AvgIpc) is 2.38. The van der Waals surface area contributed by atoms with Crippen molar-refractivity contribution in [3.05, 3.63) is 59.9 Å². The molecule has 1 atom stereocenters. The lowest BCUT2D eigenvalue weighted by Crippen LogP contribution is -2.07. The van der Waals surface area contributed by atoms with Gasteiger partial charge in [0.25, 0.3) is 10.0 Å². The van der Waals surface area contributed by atoms with E-state index in [1.54, 1.807) is 36.5 Å². The van der Waals surface area contributed by atoms with E-state index in [0.29, 0.717) is 5.69 Å². The maximum absolute atomic E-state index is 12.4. The Morgan fingerprint density at radius 3 is 2.29 bits per heavy atom. The van der Waals surface area contributed by atoms with E-state index < -0.39 is 19.8 Å². The first kappa shape index (κ1) is 15.7. The van der Waals surface area contributed by atoms with E-state index in [1.807, 2.05) is 6.92 Å². The summed E-state index contributed by atoms with van der Waals surface area (Å²) in [7, 11) is -6.86. The van der Waals surface area contributed by atoms with E-state index in [4.69, 9.17) is 0 Å². The van der Waals surface area contributed by atoms with Crippen LogP contribution in [0.15, 0.2) is 57.3 Å². The van der Waals surface area contributed by atoms with Crippen LogP contribution >= 0.6 is 0 Å². The van der Waals surface area contributed by atoms with Crippen molar-refractivity contribution in [3.63, 3.8) is 0 Å². The number of sulfonamides is 1. The summed E-state index contributed by atoms with van der Waals surface area (Å²) in [5, 5.41) is 0. The van der Waals surface area contributed by atoms with Gasteiger partial charge < -0.3 is 0 Å². The predicted octanol–water partition coefficient (Wildman–Crippen LogP) is 2.38. The number of aromatic nitrogens is 1. The summed E-state index contributed by atoms with van der Waals surface area (Å²) < 4.78 is 40.4. The zero-order valence-corrected chi connectivity index (χ0v) is 13.4. The number of hydrogen-bond donors (Lipinski definition) is 0. The third kappa shape index (κ3) is 4.37. The monoisotopic (exact) mass is 324 g/mol. The van der Waals surface area contributed by atoms with Crippen molar-refractivity contribution in [2.45, 2.75) is 17.6 Å². The van der Waals surface area contributed by atoms with E-state index >= 15 is 0 Å². The van der Waals surface area contributed by atoms with Crippen molar-refractivity contribution >= 4 is 19.8 Å². The minimum Gasteiger partial charge on any atom is -0.260 e. The van der Waals surface area contributed by atoms with E-state index in [9.17, 15) is 12.6 Å². The lowest BCUT2D eigenvalue weighted by molar-refractivity contribution is 0.598. The molecule has 0 bridgehead atoms. The normalized spacial score (nSPS) is 14.4. The molecule has 1 unspecified atom stereocenters. The van der Waals surface area contributed by atoms with Gasteiger partial charge in [-0.15, -0.1) is 3.77 Å². The van der Waals surface area contributed by atoms with Crippen LogP contribution in [-0.2, 0) is 25.5 Å². The smallest absolute Gasteiger partial charge is 0.260 e. The molecule has 2 aromatic rings. The van der Waals surface area contributed by atoms with Gasteiger partial charge in [0.1, 0.15) is 0 Å². The van der Waals surface area contributed by atoms with Crippen LogP contribution in [0.1, 0.15) is 11.3 Å². The van der Waals surface area contributed by atoms with Gasteiger partial charge in [0, 0.05) is 12.5 Å². The first-order valence-electron chi connectivity index (χ1n) is 6.21. The molecular weight excluding hydrogens is 308 g/mol. The largest absolute Gasteiger partial charge is 0.290 e. The molecule has 0 aliphatic heterocycles. The van der Waals surface area contributed by atoms with Crippen LogP contribution in [0.25, 0.3) is 0 Å². The third-order valence-corrected chi connectivity index (χ3v) is 6.46. The Morgan fingerprint density at radius 1 is 1.05 bits per heavy atom. The molecule has 0 saturated carbocycles. The summed E-state index contributed by atoms with van der Waals surface area (Å²) >= 11 is 0. The summed E-state index contributed by atoms with van der Waals surface area (Å²) in [5.41, 5.74) is 1.49. The van der Waals surface area contributed by atoms with Crippen LogP contribution in [0.4, 0.5) is 0 Å². The molecule has 0 aliphatic carbocycles. The highest BCUT2D eigenvalue weighted by molar-refractivity contribution is 8.02. The fourth-order valence-electron chi connectivity index (χ4n) is 1.75. The van der Waals surface area contributed by atoms with Gasteiger partial charge in [-0.2, -0.15) is 8.42 Å². The fourth-order valence-corrected chi connectivity index (χ4v) is 5.16. The highest BCUT2D eigenvalue weighted by Crippen LogP contribution is 2.16. The first-order chi connectivity index (χ1) is 9.78. The van der Waals surface area contributed by atoms with Crippen molar-refractivity contribution in [1.82, 2.24) is 4.98 Å². The summed E-state index contributed by atoms with van der Waals surface area (Å²) in [4.78, 5) is 4.09. The lowest BCUT2D eigenvalue weighted by Gasteiger charge is -2.05. The quantitative estimate of drug-likeness (QED) is 0.865. The van der Waals surface area contributed by atoms with E-state index in [1.165, 1.54) is 18.4 Å². The van der Waals surface area contributed by atoms with Crippen LogP contribution in [0.5, 0.6) is 0 Å². The highest BCUT2D eigenvalue weighted by Gasteiger charge is 2.16. The van der Waals surface area contributed by atoms with Crippen LogP contribution < -0.4 is 0 Å². The first-order valence-corrected chi connectivity index (χ1v) is 9.74. The standard InChI is InChI=1S/C14H16N2O3S2/c1-12-6-8-14(9-7-12)21(18,19)16-20(2,17)11-13-5-3-4-10-15-13/h3-10H,11H2,1-2H3. The van der Waals surface area contributed by atoms with Crippen LogP contribution in [0, 0.1) is 6.92 Å². The van der Waals surface area contributed by atoms with Gasteiger partial charge >= 0.3 is 0 Å². The van der Waals surface area contributed by atoms with Crippen molar-refractivity contribution in [2.75, 3.05) is 6.26 Å². The maximum atomic E-state index is 12.4. The zero-order chi connectivity index (χ0) is 15.5. The summed E-state index contributed by atoms with van der Waals surface area (Å²) in [6.45, 7) is 1.86. The third-order valence-electron chi connectivity index (χ3n) is 2.72. The Morgan fingerprint density at radius 2 is 1.71 bits per heavy atom. The molecule has 0 radical (unpaired) electrons. The molecule has 2 rings (SSSR count). The number of aryl methyl sites for hydroxylation is 1. The second kappa shape index (κ2) is 5.95. The van der Waals surface area contributed by atoms with Crippen LogP contribution in [0.3, 0.4) is 0 Å². The van der Waals surface area contributed by atoms with Crippen LogP contribution in [0.2, 0.25) is 0 Å². The molecule has 0 spiro atoms. The van der Waals surface area contributed by atoms with Gasteiger partial charge in [-0.1, -0.05) is 23.8 Å². The van der Waals surface area contributed by atoms with Gasteiger partial charge in [-0.05, 0) is 31.2 Å². The molecule has 0 fully saturated rings. The SMILES string of the molecule is Cc1ccc(S(=O)(=O)N=S(C)(=O)Cc2ccccn2)cc1. The Balaban J connectivity index is 2.36. The Kier molecular flexibility index (Phi) is 4.43. The van der Waals surface area contributed by atoms with Crippen molar-refractivity contribution < 1.29 is 12.6 Å². The van der Waals surface area contributed by atoms with Gasteiger partial charge in [0.15, 0.2) is 0 Å². The summed E-state index contributed by atoms with van der Waals surface area (Å²) in [6.07, 6.45) is 2.90. The molecule has 1 aromatic heterocycles. The summed E-state index contributed by atoms with van der Waals surface area (Å²) in [5.74, 6) is -0.00106. The zero-order valence-electron chi connectivity index (χ0n) is 11.8. The Labute approximate surface area is 125 Å². The molecule has 0 aliphatic rings. The number of pyridine rings is 1. The fraction of sp³-hybridized carbons (Fsp3) is 0.214. The lowest BCUT2D eigenvalue weighted by atomic mass is 10.2. The minimum absolute atomic E-state index is 0.00106. The van der Waals surface area contributed by atoms with Gasteiger partial charge in [0.2, 0.25) is 0 Å². The van der Waals surface area contributed by atoms with Gasteiger partial charge in [0.05, 0.1) is 26.1 Å². The molecule has 0 saturated heterocycles. The second-order valence-corrected chi connectivity index (χ2v) is 9.01. The van der Waals surface area contributed by atoms with Crippen molar-refractivity contribution in [2.24, 2.45) is 3.77 Å². The topological polar surface area (TPSA) is 76.5 Å². The average molecular weight is 324 g/mol. The maximum Gasteiger partial charge on any atom is 0.290 e. The molecule has 1 aromatic carbocycles. The molecule has 7 heteroatoms. The van der Waals surface area contributed by atoms with E-state index in [0.717, 1.165) is 5.56 Å². The highest BCUT2D eigenvalue weighted by atomic mass is 32.3. The molecule has 5 nitrogen and oxygen atoms in total. The number of benzene rings is 1. The minimum atomic E-state index is -3.93. The Bertz CT molecular complexity index is 836. The number of rotatable bonds is 4. The molecular formula is C14H16N2O3S2. The Hall–Kier alpha value is -1.73. The number of nitrogens with zero attached hydrogens (tertiary/aromatic N) is 2. The summed E-state index contributed by atoms with van der Waals surface area (Å²) in [6, 6.07) is 11.5. The number of hydrogen-bond acceptors (Lipinski definition) is 4. The molecule has 0 N–H and O–H groups in total. The van der Waals surface area contributed by atoms with Crippen LogP contribution in [-0.4, -0.2) is 23.9 Å². The van der Waals surface area contributed by atoms with Crippen molar-refractivity contribution in [1.29, 1.82) is 0 Å². The molecule has 0 amide bonds.